The highest BCUT2D eigenvalue weighted by atomic mass is 16.5. The molecular weight excluding hydrogens is 336 g/mol. The number of hydrogen-bond donors (Lipinski definition) is 0. The SMILES string of the molecule is CN1CC2(CCN(C3CCCC3)CC2)CC1c1noc(-c2ccccc2)n1. The Morgan fingerprint density at radius 1 is 1.07 bits per heavy atom. The van der Waals surface area contributed by atoms with Crippen molar-refractivity contribution in [1.29, 1.82) is 0 Å². The quantitative estimate of drug-likeness (QED) is 0.817. The second-order valence-corrected chi connectivity index (χ2v) is 8.93. The number of benzene rings is 1. The third-order valence-electron chi connectivity index (χ3n) is 7.20. The molecule has 0 amide bonds. The molecule has 5 nitrogen and oxygen atoms in total. The molecule has 1 saturated carbocycles. The van der Waals surface area contributed by atoms with Gasteiger partial charge in [-0.05, 0) is 69.8 Å². The van der Waals surface area contributed by atoms with Crippen LogP contribution in [0.3, 0.4) is 0 Å². The summed E-state index contributed by atoms with van der Waals surface area (Å²) >= 11 is 0. The minimum absolute atomic E-state index is 0.282. The van der Waals surface area contributed by atoms with Crippen LogP contribution in [0.25, 0.3) is 11.5 Å². The number of nitrogens with zero attached hydrogens (tertiary/aromatic N) is 4. The molecule has 5 rings (SSSR count). The molecule has 1 atom stereocenters. The van der Waals surface area contributed by atoms with E-state index in [2.05, 4.69) is 22.0 Å². The molecule has 5 heteroatoms. The zero-order chi connectivity index (χ0) is 18.3. The zero-order valence-corrected chi connectivity index (χ0v) is 16.3. The van der Waals surface area contributed by atoms with Gasteiger partial charge in [-0.15, -0.1) is 0 Å². The Kier molecular flexibility index (Phi) is 4.52. The lowest BCUT2D eigenvalue weighted by Gasteiger charge is -2.41. The Hall–Kier alpha value is -1.72. The van der Waals surface area contributed by atoms with Crippen LogP contribution < -0.4 is 0 Å². The van der Waals surface area contributed by atoms with Crippen LogP contribution in [0.15, 0.2) is 34.9 Å². The van der Waals surface area contributed by atoms with Gasteiger partial charge in [0.1, 0.15) is 0 Å². The lowest BCUT2D eigenvalue weighted by molar-refractivity contribution is 0.0796. The van der Waals surface area contributed by atoms with E-state index in [0.29, 0.717) is 11.3 Å². The largest absolute Gasteiger partial charge is 0.334 e. The highest BCUT2D eigenvalue weighted by molar-refractivity contribution is 5.52. The molecule has 1 spiro atoms. The number of aromatic nitrogens is 2. The summed E-state index contributed by atoms with van der Waals surface area (Å²) in [6.07, 6.45) is 9.48. The smallest absolute Gasteiger partial charge is 0.257 e. The van der Waals surface area contributed by atoms with Crippen molar-refractivity contribution < 1.29 is 4.52 Å². The Morgan fingerprint density at radius 2 is 1.81 bits per heavy atom. The summed E-state index contributed by atoms with van der Waals surface area (Å²) in [7, 11) is 2.22. The fourth-order valence-corrected chi connectivity index (χ4v) is 5.62. The zero-order valence-electron chi connectivity index (χ0n) is 16.3. The molecule has 2 aromatic rings. The number of likely N-dealkylation sites (tertiary alicyclic amines) is 2. The fraction of sp³-hybridized carbons (Fsp3) is 0.636. The van der Waals surface area contributed by atoms with Crippen LogP contribution in [0, 0.1) is 5.41 Å². The average Bonchev–Trinajstić information content (AvgIpc) is 3.44. The van der Waals surface area contributed by atoms with Crippen LogP contribution in [0.2, 0.25) is 0 Å². The summed E-state index contributed by atoms with van der Waals surface area (Å²) in [6.45, 7) is 3.70. The summed E-state index contributed by atoms with van der Waals surface area (Å²) in [5.74, 6) is 1.49. The van der Waals surface area contributed by atoms with E-state index < -0.39 is 0 Å². The van der Waals surface area contributed by atoms with E-state index in [1.807, 2.05) is 30.3 Å². The van der Waals surface area contributed by atoms with Gasteiger partial charge >= 0.3 is 0 Å². The molecule has 27 heavy (non-hydrogen) atoms. The van der Waals surface area contributed by atoms with E-state index in [-0.39, 0.29) is 6.04 Å². The molecule has 3 heterocycles. The van der Waals surface area contributed by atoms with E-state index in [1.165, 1.54) is 51.6 Å². The predicted octanol–water partition coefficient (Wildman–Crippen LogP) is 4.14. The predicted molar refractivity (Wildman–Crippen MR) is 105 cm³/mol. The molecule has 0 N–H and O–H groups in total. The standard InChI is InChI=1S/C22H30N4O/c1-25-16-22(11-13-26(14-12-22)18-9-5-6-10-18)15-19(25)20-23-21(27-24-20)17-7-3-2-4-8-17/h2-4,7-8,18-19H,5-6,9-16H2,1H3. The first-order chi connectivity index (χ1) is 13.2. The van der Waals surface area contributed by atoms with Gasteiger partial charge in [0.15, 0.2) is 5.82 Å². The van der Waals surface area contributed by atoms with E-state index in [4.69, 9.17) is 9.51 Å². The molecule has 0 bridgehead atoms. The van der Waals surface area contributed by atoms with E-state index in [0.717, 1.165) is 30.4 Å². The third-order valence-corrected chi connectivity index (χ3v) is 7.20. The Morgan fingerprint density at radius 3 is 2.56 bits per heavy atom. The van der Waals surface area contributed by atoms with Gasteiger partial charge in [-0.3, -0.25) is 4.90 Å². The minimum Gasteiger partial charge on any atom is -0.334 e. The molecule has 1 unspecified atom stereocenters. The molecule has 3 fully saturated rings. The van der Waals surface area contributed by atoms with Crippen LogP contribution in [0.4, 0.5) is 0 Å². The third kappa shape index (κ3) is 3.32. The second-order valence-electron chi connectivity index (χ2n) is 8.93. The maximum absolute atomic E-state index is 5.58. The van der Waals surface area contributed by atoms with Crippen LogP contribution >= 0.6 is 0 Å². The molecule has 1 aromatic heterocycles. The molecule has 144 valence electrons. The maximum Gasteiger partial charge on any atom is 0.257 e. The van der Waals surface area contributed by atoms with Gasteiger partial charge in [-0.25, -0.2) is 0 Å². The van der Waals surface area contributed by atoms with Gasteiger partial charge in [-0.1, -0.05) is 36.2 Å². The first kappa shape index (κ1) is 17.4. The van der Waals surface area contributed by atoms with Gasteiger partial charge in [0.2, 0.25) is 0 Å². The minimum atomic E-state index is 0.282. The van der Waals surface area contributed by atoms with Crippen LogP contribution in [0.5, 0.6) is 0 Å². The molecule has 1 aliphatic carbocycles. The number of rotatable bonds is 3. The Balaban J connectivity index is 1.27. The van der Waals surface area contributed by atoms with Crippen molar-refractivity contribution in [2.24, 2.45) is 5.41 Å². The molecule has 0 radical (unpaired) electrons. The summed E-state index contributed by atoms with van der Waals surface area (Å²) < 4.78 is 5.58. The van der Waals surface area contributed by atoms with Crippen LogP contribution in [-0.4, -0.2) is 52.7 Å². The molecule has 3 aliphatic rings. The van der Waals surface area contributed by atoms with Crippen LogP contribution in [-0.2, 0) is 0 Å². The van der Waals surface area contributed by atoms with Crippen molar-refractivity contribution in [3.05, 3.63) is 36.2 Å². The highest BCUT2D eigenvalue weighted by Gasteiger charge is 2.46. The monoisotopic (exact) mass is 366 g/mol. The topological polar surface area (TPSA) is 45.4 Å². The van der Waals surface area contributed by atoms with Crippen molar-refractivity contribution in [1.82, 2.24) is 19.9 Å². The van der Waals surface area contributed by atoms with Gasteiger partial charge in [0, 0.05) is 18.2 Å². The fourth-order valence-electron chi connectivity index (χ4n) is 5.62. The summed E-state index contributed by atoms with van der Waals surface area (Å²) in [6, 6.07) is 11.2. The van der Waals surface area contributed by atoms with Crippen LogP contribution in [0.1, 0.15) is 56.8 Å². The Bertz CT molecular complexity index is 760. The highest BCUT2D eigenvalue weighted by Crippen LogP contribution is 2.48. The molecular formula is C22H30N4O. The lowest BCUT2D eigenvalue weighted by Crippen LogP contribution is -2.45. The Labute approximate surface area is 161 Å². The van der Waals surface area contributed by atoms with Crippen molar-refractivity contribution >= 4 is 0 Å². The van der Waals surface area contributed by atoms with Gasteiger partial charge in [0.05, 0.1) is 6.04 Å². The summed E-state index contributed by atoms with van der Waals surface area (Å²) in [5.41, 5.74) is 1.43. The lowest BCUT2D eigenvalue weighted by atomic mass is 9.76. The van der Waals surface area contributed by atoms with Crippen molar-refractivity contribution in [2.75, 3.05) is 26.7 Å². The molecule has 2 aliphatic heterocycles. The molecule has 2 saturated heterocycles. The van der Waals surface area contributed by atoms with E-state index in [9.17, 15) is 0 Å². The summed E-state index contributed by atoms with van der Waals surface area (Å²) in [4.78, 5) is 9.96. The van der Waals surface area contributed by atoms with E-state index >= 15 is 0 Å². The molecule has 1 aromatic carbocycles. The second kappa shape index (κ2) is 7.02. The van der Waals surface area contributed by atoms with Crippen molar-refractivity contribution in [3.63, 3.8) is 0 Å². The van der Waals surface area contributed by atoms with Crippen molar-refractivity contribution in [2.45, 2.75) is 57.0 Å². The number of piperidine rings is 1. The van der Waals surface area contributed by atoms with Crippen molar-refractivity contribution in [3.8, 4) is 11.5 Å². The van der Waals surface area contributed by atoms with Gasteiger partial charge in [-0.2, -0.15) is 4.98 Å². The number of hydrogen-bond acceptors (Lipinski definition) is 5. The van der Waals surface area contributed by atoms with Gasteiger partial charge < -0.3 is 9.42 Å². The average molecular weight is 367 g/mol. The summed E-state index contributed by atoms with van der Waals surface area (Å²) in [5, 5.41) is 4.34. The first-order valence-electron chi connectivity index (χ1n) is 10.6. The van der Waals surface area contributed by atoms with Gasteiger partial charge in [0.25, 0.3) is 5.89 Å². The normalized spacial score (nSPS) is 26.9. The first-order valence-corrected chi connectivity index (χ1v) is 10.6. The maximum atomic E-state index is 5.58. The van der Waals surface area contributed by atoms with E-state index in [1.54, 1.807) is 0 Å².